The van der Waals surface area contributed by atoms with E-state index < -0.39 is 0 Å². The highest BCUT2D eigenvalue weighted by atomic mass is 14.6. The molecule has 170 valence electrons. The van der Waals surface area contributed by atoms with Crippen LogP contribution in [0, 0.1) is 52.3 Å². The monoisotopic (exact) mass is 410 g/mol. The van der Waals surface area contributed by atoms with Gasteiger partial charge >= 0.3 is 0 Å². The first-order chi connectivity index (χ1) is 14.2. The number of hydrogen-bond acceptors (Lipinski definition) is 0. The molecular weight excluding hydrogens is 360 g/mol. The zero-order valence-electron chi connectivity index (χ0n) is 21.1. The van der Waals surface area contributed by atoms with Crippen LogP contribution in [0.25, 0.3) is 0 Å². The van der Waals surface area contributed by atoms with E-state index in [1.165, 1.54) is 76.2 Å². The molecular formula is C30H50. The lowest BCUT2D eigenvalue weighted by Crippen LogP contribution is -2.50. The molecule has 0 N–H and O–H groups in total. The third kappa shape index (κ3) is 3.77. The van der Waals surface area contributed by atoms with Gasteiger partial charge in [0.2, 0.25) is 0 Å². The Morgan fingerprint density at radius 1 is 1.03 bits per heavy atom. The van der Waals surface area contributed by atoms with Gasteiger partial charge in [-0.1, -0.05) is 77.7 Å². The molecule has 0 aromatic heterocycles. The van der Waals surface area contributed by atoms with E-state index in [0.29, 0.717) is 10.8 Å². The van der Waals surface area contributed by atoms with E-state index in [2.05, 4.69) is 54.2 Å². The van der Waals surface area contributed by atoms with Crippen molar-refractivity contribution >= 4 is 0 Å². The molecule has 0 heterocycles. The highest BCUT2D eigenvalue weighted by molar-refractivity contribution is 5.27. The van der Waals surface area contributed by atoms with Gasteiger partial charge in [-0.2, -0.15) is 0 Å². The van der Waals surface area contributed by atoms with E-state index in [4.69, 9.17) is 0 Å². The summed E-state index contributed by atoms with van der Waals surface area (Å²) < 4.78 is 0. The van der Waals surface area contributed by atoms with E-state index in [1.54, 1.807) is 0 Å². The molecule has 0 aliphatic heterocycles. The second-order valence-corrected chi connectivity index (χ2v) is 13.1. The maximum Gasteiger partial charge on any atom is -0.00849 e. The largest absolute Gasteiger partial charge is 0.0998 e. The molecule has 0 aromatic carbocycles. The van der Waals surface area contributed by atoms with Crippen LogP contribution in [0.15, 0.2) is 23.8 Å². The molecule has 3 fully saturated rings. The van der Waals surface area contributed by atoms with Crippen molar-refractivity contribution in [3.63, 3.8) is 0 Å². The molecule has 4 aliphatic carbocycles. The van der Waals surface area contributed by atoms with Crippen LogP contribution in [0.5, 0.6) is 0 Å². The van der Waals surface area contributed by atoms with Gasteiger partial charge in [0.05, 0.1) is 0 Å². The molecule has 4 rings (SSSR count). The van der Waals surface area contributed by atoms with Crippen LogP contribution in [0.2, 0.25) is 0 Å². The van der Waals surface area contributed by atoms with Gasteiger partial charge in [0, 0.05) is 0 Å². The Labute approximate surface area is 188 Å². The lowest BCUT2D eigenvalue weighted by molar-refractivity contribution is -0.0518. The van der Waals surface area contributed by atoms with Crippen molar-refractivity contribution < 1.29 is 0 Å². The highest BCUT2D eigenvalue weighted by Gasteiger charge is 2.59. The van der Waals surface area contributed by atoms with E-state index in [-0.39, 0.29) is 0 Å². The minimum absolute atomic E-state index is 0.497. The fourth-order valence-electron chi connectivity index (χ4n) is 9.11. The summed E-state index contributed by atoms with van der Waals surface area (Å²) >= 11 is 0. The second-order valence-electron chi connectivity index (χ2n) is 13.1. The predicted octanol–water partition coefficient (Wildman–Crippen LogP) is 9.22. The summed E-state index contributed by atoms with van der Waals surface area (Å²) in [7, 11) is 0. The van der Waals surface area contributed by atoms with Crippen LogP contribution in [-0.2, 0) is 0 Å². The van der Waals surface area contributed by atoms with E-state index in [9.17, 15) is 0 Å². The standard InChI is InChI=1S/C30H50/c1-20(2)9-8-10-22(5)26-13-14-27-25-12-11-24-19-23(21(3)4)15-17-29(24,6)28(25)16-18-30(26,27)7/h11,20,22-23,25-28H,3,8-10,12-19H2,1-2,4-7H3. The minimum atomic E-state index is 0.497. The van der Waals surface area contributed by atoms with Crippen molar-refractivity contribution in [2.45, 2.75) is 112 Å². The van der Waals surface area contributed by atoms with E-state index in [1.807, 2.05) is 5.57 Å². The Morgan fingerprint density at radius 3 is 2.50 bits per heavy atom. The molecule has 0 amide bonds. The van der Waals surface area contributed by atoms with Gasteiger partial charge in [-0.15, -0.1) is 0 Å². The summed E-state index contributed by atoms with van der Waals surface area (Å²) in [4.78, 5) is 0. The molecule has 8 unspecified atom stereocenters. The fourth-order valence-corrected chi connectivity index (χ4v) is 9.11. The first-order valence-corrected chi connectivity index (χ1v) is 13.5. The van der Waals surface area contributed by atoms with Crippen LogP contribution in [0.1, 0.15) is 112 Å². The predicted molar refractivity (Wildman–Crippen MR) is 131 cm³/mol. The number of fused-ring (bicyclic) bond motifs is 5. The average Bonchev–Trinajstić information content (AvgIpc) is 3.04. The molecule has 0 radical (unpaired) electrons. The fraction of sp³-hybridized carbons (Fsp3) is 0.867. The third-order valence-electron chi connectivity index (χ3n) is 11.0. The van der Waals surface area contributed by atoms with Gasteiger partial charge in [-0.05, 0) is 111 Å². The van der Waals surface area contributed by atoms with Crippen LogP contribution < -0.4 is 0 Å². The summed E-state index contributed by atoms with van der Waals surface area (Å²) in [6, 6.07) is 0. The summed E-state index contributed by atoms with van der Waals surface area (Å²) in [5.74, 6) is 6.42. The number of rotatable bonds is 6. The SMILES string of the molecule is C=C(C)C1CCC2(C)C(=CCC3C2CCC2(C)C(C(C)CCCC(C)C)CCC32)C1. The van der Waals surface area contributed by atoms with Gasteiger partial charge < -0.3 is 0 Å². The Morgan fingerprint density at radius 2 is 1.80 bits per heavy atom. The molecule has 3 saturated carbocycles. The zero-order chi connectivity index (χ0) is 21.7. The highest BCUT2D eigenvalue weighted by Crippen LogP contribution is 2.67. The van der Waals surface area contributed by atoms with Gasteiger partial charge in [0.1, 0.15) is 0 Å². The quantitative estimate of drug-likeness (QED) is 0.383. The summed E-state index contributed by atoms with van der Waals surface area (Å²) in [6.07, 6.45) is 18.6. The Kier molecular flexibility index (Phi) is 6.38. The maximum atomic E-state index is 4.30. The van der Waals surface area contributed by atoms with Crippen LogP contribution >= 0.6 is 0 Å². The molecule has 0 bridgehead atoms. The van der Waals surface area contributed by atoms with Crippen LogP contribution in [0.4, 0.5) is 0 Å². The smallest absolute Gasteiger partial charge is 0.00849 e. The molecule has 8 atom stereocenters. The minimum Gasteiger partial charge on any atom is -0.0998 e. The lowest BCUT2D eigenvalue weighted by Gasteiger charge is -2.58. The van der Waals surface area contributed by atoms with Crippen LogP contribution in [0.3, 0.4) is 0 Å². The van der Waals surface area contributed by atoms with Gasteiger partial charge in [0.15, 0.2) is 0 Å². The van der Waals surface area contributed by atoms with Crippen molar-refractivity contribution in [3.05, 3.63) is 23.8 Å². The molecule has 0 aromatic rings. The van der Waals surface area contributed by atoms with Crippen molar-refractivity contribution in [2.24, 2.45) is 52.3 Å². The summed E-state index contributed by atoms with van der Waals surface area (Å²) in [6.45, 7) is 19.3. The average molecular weight is 411 g/mol. The molecule has 4 aliphatic rings. The first kappa shape index (κ1) is 22.7. The van der Waals surface area contributed by atoms with Crippen molar-refractivity contribution in [3.8, 4) is 0 Å². The van der Waals surface area contributed by atoms with Crippen molar-refractivity contribution in [1.82, 2.24) is 0 Å². The topological polar surface area (TPSA) is 0 Å². The number of allylic oxidation sites excluding steroid dienone is 3. The van der Waals surface area contributed by atoms with Crippen molar-refractivity contribution in [1.29, 1.82) is 0 Å². The Balaban J connectivity index is 1.49. The molecule has 0 spiro atoms. The summed E-state index contributed by atoms with van der Waals surface area (Å²) in [5, 5.41) is 0. The van der Waals surface area contributed by atoms with Crippen LogP contribution in [-0.4, -0.2) is 0 Å². The first-order valence-electron chi connectivity index (χ1n) is 13.5. The third-order valence-corrected chi connectivity index (χ3v) is 11.0. The Bertz CT molecular complexity index is 668. The Hall–Kier alpha value is -0.520. The molecule has 0 heteroatoms. The van der Waals surface area contributed by atoms with Gasteiger partial charge in [-0.3, -0.25) is 0 Å². The van der Waals surface area contributed by atoms with Crippen molar-refractivity contribution in [2.75, 3.05) is 0 Å². The number of hydrogen-bond donors (Lipinski definition) is 0. The molecule has 30 heavy (non-hydrogen) atoms. The van der Waals surface area contributed by atoms with E-state index in [0.717, 1.165) is 41.4 Å². The lowest BCUT2D eigenvalue weighted by atomic mass is 9.46. The molecule has 0 nitrogen and oxygen atoms in total. The molecule has 0 saturated heterocycles. The maximum absolute atomic E-state index is 4.30. The van der Waals surface area contributed by atoms with Gasteiger partial charge in [-0.25, -0.2) is 0 Å². The zero-order valence-corrected chi connectivity index (χ0v) is 21.1. The second kappa shape index (κ2) is 8.44. The van der Waals surface area contributed by atoms with E-state index >= 15 is 0 Å². The van der Waals surface area contributed by atoms with Gasteiger partial charge in [0.25, 0.3) is 0 Å². The summed E-state index contributed by atoms with van der Waals surface area (Å²) in [5.41, 5.74) is 4.36. The normalized spacial score (nSPS) is 44.1.